The first-order valence-electron chi connectivity index (χ1n) is 21.1. The summed E-state index contributed by atoms with van der Waals surface area (Å²) in [7, 11) is 0. The van der Waals surface area contributed by atoms with Crippen LogP contribution in [-0.4, -0.2) is 93.9 Å². The maximum absolute atomic E-state index is 14.5. The lowest BCUT2D eigenvalue weighted by molar-refractivity contribution is -0.361. The summed E-state index contributed by atoms with van der Waals surface area (Å²) < 4.78 is 38.6. The average Bonchev–Trinajstić information content (AvgIpc) is 3.39. The molecule has 13 nitrogen and oxygen atoms in total. The number of carbonyl (C=O) groups is 4. The number of hydrogen-bond donors (Lipinski definition) is 3. The van der Waals surface area contributed by atoms with Gasteiger partial charge in [0.2, 0.25) is 0 Å². The highest BCUT2D eigenvalue weighted by Crippen LogP contribution is 2.72. The highest BCUT2D eigenvalue weighted by Gasteiger charge is 2.79. The Morgan fingerprint density at radius 1 is 1.07 bits per heavy atom. The Bertz CT molecular complexity index is 1830. The first-order chi connectivity index (χ1) is 27.4. The van der Waals surface area contributed by atoms with Crippen LogP contribution in [0.2, 0.25) is 0 Å². The molecular formula is C46H65NO12. The Kier molecular flexibility index (Phi) is 12.1. The fraction of sp³-hybridized carbons (Fsp3) is 0.696. The predicted molar refractivity (Wildman–Crippen MR) is 217 cm³/mol. The summed E-state index contributed by atoms with van der Waals surface area (Å²) in [6, 6.07) is 7.55. The molecule has 59 heavy (non-hydrogen) atoms. The van der Waals surface area contributed by atoms with Crippen LogP contribution in [0.1, 0.15) is 119 Å². The van der Waals surface area contributed by atoms with Gasteiger partial charge in [0.15, 0.2) is 12.4 Å². The van der Waals surface area contributed by atoms with E-state index in [0.29, 0.717) is 29.6 Å². The molecule has 3 N–H and O–H groups in total. The molecule has 2 unspecified atom stereocenters. The molecule has 1 heterocycles. The van der Waals surface area contributed by atoms with Gasteiger partial charge < -0.3 is 44.0 Å². The van der Waals surface area contributed by atoms with Gasteiger partial charge in [-0.25, -0.2) is 14.4 Å². The maximum Gasteiger partial charge on any atom is 0.407 e. The number of alkyl carbamates (subject to hydrolysis) is 1. The lowest BCUT2D eigenvalue weighted by atomic mass is 9.43. The van der Waals surface area contributed by atoms with E-state index in [9.17, 15) is 29.4 Å². The van der Waals surface area contributed by atoms with E-state index in [-0.39, 0.29) is 24.7 Å². The van der Waals surface area contributed by atoms with Crippen LogP contribution >= 0.6 is 0 Å². The first-order valence-corrected chi connectivity index (χ1v) is 21.1. The Morgan fingerprint density at radius 3 is 2.27 bits per heavy atom. The van der Waals surface area contributed by atoms with E-state index in [4.69, 9.17) is 28.4 Å². The number of aliphatic hydroxyl groups excluding tert-OH is 1. The van der Waals surface area contributed by atoms with Crippen molar-refractivity contribution >= 4 is 24.0 Å². The van der Waals surface area contributed by atoms with E-state index in [2.05, 4.69) is 18.8 Å². The quantitative estimate of drug-likeness (QED) is 0.124. The van der Waals surface area contributed by atoms with Gasteiger partial charge in [0.1, 0.15) is 23.4 Å². The summed E-state index contributed by atoms with van der Waals surface area (Å²) >= 11 is 0. The molecule has 4 fully saturated rings. The van der Waals surface area contributed by atoms with Crippen LogP contribution in [0.25, 0.3) is 0 Å². The molecule has 0 bridgehead atoms. The Labute approximate surface area is 348 Å². The number of nitrogens with one attached hydrogen (secondary N) is 1. The number of rotatable bonds is 11. The van der Waals surface area contributed by atoms with Crippen LogP contribution in [0.4, 0.5) is 4.79 Å². The van der Waals surface area contributed by atoms with Gasteiger partial charge in [0.05, 0.1) is 34.8 Å². The topological polar surface area (TPSA) is 176 Å². The third-order valence-electron chi connectivity index (χ3n) is 13.9. The van der Waals surface area contributed by atoms with Gasteiger partial charge in [0, 0.05) is 36.5 Å². The molecule has 5 aliphatic rings. The molecule has 1 aromatic rings. The zero-order valence-electron chi connectivity index (χ0n) is 36.5. The van der Waals surface area contributed by atoms with Crippen LogP contribution in [-0.2, 0) is 38.0 Å². The lowest BCUT2D eigenvalue weighted by Gasteiger charge is -2.68. The van der Waals surface area contributed by atoms with Crippen LogP contribution in [0.15, 0.2) is 54.1 Å². The molecule has 1 amide bonds. The molecule has 1 aliphatic heterocycles. The van der Waals surface area contributed by atoms with Crippen LogP contribution in [0, 0.1) is 34.5 Å². The summed E-state index contributed by atoms with van der Waals surface area (Å²) in [5.41, 5.74) is -4.41. The molecule has 1 aromatic carbocycles. The third-order valence-corrected chi connectivity index (χ3v) is 13.9. The zero-order valence-corrected chi connectivity index (χ0v) is 36.5. The van der Waals surface area contributed by atoms with Gasteiger partial charge in [-0.2, -0.15) is 0 Å². The molecular weight excluding hydrogens is 759 g/mol. The minimum absolute atomic E-state index is 0.0222. The van der Waals surface area contributed by atoms with Crippen molar-refractivity contribution in [2.24, 2.45) is 34.5 Å². The highest BCUT2D eigenvalue weighted by molar-refractivity contribution is 5.89. The molecule has 6 rings (SSSR count). The van der Waals surface area contributed by atoms with E-state index in [1.54, 1.807) is 71.0 Å². The second kappa shape index (κ2) is 15.9. The summed E-state index contributed by atoms with van der Waals surface area (Å²) in [6.45, 7) is 23.6. The minimum Gasteiger partial charge on any atom is -0.458 e. The van der Waals surface area contributed by atoms with Crippen molar-refractivity contribution in [3.63, 3.8) is 0 Å². The summed E-state index contributed by atoms with van der Waals surface area (Å²) in [5.74, 6) is -3.53. The van der Waals surface area contributed by atoms with Crippen molar-refractivity contribution in [2.75, 3.05) is 0 Å². The second-order valence-electron chi connectivity index (χ2n) is 19.7. The first kappa shape index (κ1) is 44.8. The van der Waals surface area contributed by atoms with Gasteiger partial charge in [-0.1, -0.05) is 52.5 Å². The number of carbonyl (C=O) groups excluding carboxylic acids is 4. The normalized spacial score (nSPS) is 36.0. The third kappa shape index (κ3) is 7.74. The smallest absolute Gasteiger partial charge is 0.407 e. The average molecular weight is 824 g/mol. The van der Waals surface area contributed by atoms with E-state index < -0.39 is 106 Å². The SMILES string of the molecule is C=C[C@H]1O[C@H]2C[C@H]3CC[C@@]3(OC(C)=O)[C@H]3[C@H](OC(=O)c4ccccc4)[C@]4(C(C)(C)O)CC(OC(=O)[C@H](O)C(CC(C)C)NC(=O)OC(C)(C)C)C(C)=C4[C@H](C)[C@H](O1)[C@]23C. The Hall–Kier alpha value is -3.78. The van der Waals surface area contributed by atoms with Gasteiger partial charge in [0.25, 0.3) is 0 Å². The molecule has 13 heteroatoms. The van der Waals surface area contributed by atoms with Crippen LogP contribution in [0.5, 0.6) is 0 Å². The molecule has 0 aromatic heterocycles. The number of hydrogen-bond acceptors (Lipinski definition) is 12. The molecule has 0 radical (unpaired) electrons. The van der Waals surface area contributed by atoms with Crippen molar-refractivity contribution < 1.29 is 57.8 Å². The number of ether oxygens (including phenoxy) is 6. The Balaban J connectivity index is 1.52. The van der Waals surface area contributed by atoms with E-state index in [0.717, 1.165) is 6.42 Å². The summed E-state index contributed by atoms with van der Waals surface area (Å²) in [6.07, 6.45) is -2.98. The number of fused-ring (bicyclic) bond motifs is 3. The van der Waals surface area contributed by atoms with Gasteiger partial charge in [-0.05, 0) is 102 Å². The van der Waals surface area contributed by atoms with Crippen molar-refractivity contribution in [1.82, 2.24) is 5.32 Å². The molecule has 13 atom stereocenters. The van der Waals surface area contributed by atoms with Crippen molar-refractivity contribution in [1.29, 1.82) is 0 Å². The van der Waals surface area contributed by atoms with Crippen LogP contribution in [0.3, 0.4) is 0 Å². The number of amides is 1. The zero-order chi connectivity index (χ0) is 43.6. The number of esters is 3. The van der Waals surface area contributed by atoms with Gasteiger partial charge in [-0.3, -0.25) is 4.79 Å². The van der Waals surface area contributed by atoms with E-state index in [1.807, 2.05) is 27.7 Å². The molecule has 1 saturated heterocycles. The molecule has 4 aliphatic carbocycles. The fourth-order valence-corrected chi connectivity index (χ4v) is 11.6. The molecule has 326 valence electrons. The lowest BCUT2D eigenvalue weighted by Crippen LogP contribution is -2.75. The molecule has 0 spiro atoms. The predicted octanol–water partition coefficient (Wildman–Crippen LogP) is 6.59. The van der Waals surface area contributed by atoms with E-state index >= 15 is 0 Å². The number of benzene rings is 1. The van der Waals surface area contributed by atoms with Crippen molar-refractivity contribution in [3.8, 4) is 0 Å². The second-order valence-corrected chi connectivity index (χ2v) is 19.7. The number of aliphatic hydroxyl groups is 2. The van der Waals surface area contributed by atoms with E-state index in [1.165, 1.54) is 6.92 Å². The fourth-order valence-electron chi connectivity index (χ4n) is 11.6. The largest absolute Gasteiger partial charge is 0.458 e. The van der Waals surface area contributed by atoms with Gasteiger partial charge >= 0.3 is 24.0 Å². The van der Waals surface area contributed by atoms with Crippen molar-refractivity contribution in [2.45, 2.75) is 168 Å². The maximum atomic E-state index is 14.5. The minimum atomic E-state index is -1.77. The van der Waals surface area contributed by atoms with Crippen molar-refractivity contribution in [3.05, 3.63) is 59.7 Å². The highest BCUT2D eigenvalue weighted by atomic mass is 16.7. The van der Waals surface area contributed by atoms with Gasteiger partial charge in [-0.15, -0.1) is 0 Å². The summed E-state index contributed by atoms with van der Waals surface area (Å²) in [5, 5.41) is 27.1. The Morgan fingerprint density at radius 2 is 1.73 bits per heavy atom. The molecule has 3 saturated carbocycles. The summed E-state index contributed by atoms with van der Waals surface area (Å²) in [4.78, 5) is 54.7. The van der Waals surface area contributed by atoms with Crippen LogP contribution < -0.4 is 5.32 Å². The monoisotopic (exact) mass is 823 g/mol. The standard InChI is InChI=1S/C46H65NO12/c1-13-33-55-32-22-29-19-20-46(29,58-27(6)48)36-38(57-39(50)28-17-15-14-16-18-28)45(43(10,11)53)23-31(25(4)34(45)26(5)37(56-33)44(32,36)12)54-40(51)35(49)30(21-24(2)3)47-41(52)59-42(7,8)9/h13-18,24,26,29-33,35-38,49,53H,1,19-23H2,2-12H3,(H,47,52)/t26-,29+,30?,31?,32-,33-,35+,36-,37-,38-,44+,45-,46-/m0/s1.